The Bertz CT molecular complexity index is 430. The van der Waals surface area contributed by atoms with Crippen LogP contribution in [0.15, 0.2) is 12.1 Å². The average molecular weight is 250 g/mol. The Morgan fingerprint density at radius 2 is 2.11 bits per heavy atom. The number of methoxy groups -OCH3 is 1. The second kappa shape index (κ2) is 6.40. The molecule has 0 radical (unpaired) electrons. The number of hydrogen-bond donors (Lipinski definition) is 2. The van der Waals surface area contributed by atoms with Gasteiger partial charge in [0.05, 0.1) is 7.11 Å². The van der Waals surface area contributed by atoms with Gasteiger partial charge in [-0.3, -0.25) is 4.79 Å². The van der Waals surface area contributed by atoms with Crippen molar-refractivity contribution in [2.45, 2.75) is 27.2 Å². The van der Waals surface area contributed by atoms with E-state index in [0.29, 0.717) is 13.0 Å². The molecule has 0 saturated carbocycles. The summed E-state index contributed by atoms with van der Waals surface area (Å²) in [6, 6.07) is 3.84. The molecule has 100 valence electrons. The summed E-state index contributed by atoms with van der Waals surface area (Å²) >= 11 is 0. The zero-order chi connectivity index (χ0) is 13.7. The standard InChI is InChI=1S/C14H22N2O2/c1-9(8-15)7-13(17)16-12-6-5-10(2)14(18-4)11(12)3/h5-6,9H,7-8,15H2,1-4H3,(H,16,17). The van der Waals surface area contributed by atoms with Gasteiger partial charge in [0, 0.05) is 17.7 Å². The van der Waals surface area contributed by atoms with Gasteiger partial charge in [-0.1, -0.05) is 13.0 Å². The summed E-state index contributed by atoms with van der Waals surface area (Å²) in [5.74, 6) is 0.999. The van der Waals surface area contributed by atoms with Crippen molar-refractivity contribution in [2.24, 2.45) is 11.7 Å². The van der Waals surface area contributed by atoms with E-state index in [4.69, 9.17) is 10.5 Å². The monoisotopic (exact) mass is 250 g/mol. The number of ether oxygens (including phenoxy) is 1. The number of benzene rings is 1. The summed E-state index contributed by atoms with van der Waals surface area (Å²) < 4.78 is 5.33. The Labute approximate surface area is 109 Å². The molecule has 0 saturated heterocycles. The summed E-state index contributed by atoms with van der Waals surface area (Å²) in [6.07, 6.45) is 0.437. The predicted molar refractivity (Wildman–Crippen MR) is 73.9 cm³/mol. The number of hydrogen-bond acceptors (Lipinski definition) is 3. The molecule has 0 spiro atoms. The highest BCUT2D eigenvalue weighted by atomic mass is 16.5. The van der Waals surface area contributed by atoms with Crippen molar-refractivity contribution < 1.29 is 9.53 Å². The molecule has 18 heavy (non-hydrogen) atoms. The Morgan fingerprint density at radius 1 is 1.44 bits per heavy atom. The predicted octanol–water partition coefficient (Wildman–Crippen LogP) is 2.24. The zero-order valence-electron chi connectivity index (χ0n) is 11.5. The number of rotatable bonds is 5. The first-order valence-corrected chi connectivity index (χ1v) is 6.13. The molecule has 0 aliphatic heterocycles. The maximum absolute atomic E-state index is 11.8. The van der Waals surface area contributed by atoms with E-state index in [9.17, 15) is 4.79 Å². The van der Waals surface area contributed by atoms with Gasteiger partial charge in [-0.2, -0.15) is 0 Å². The first-order chi connectivity index (χ1) is 8.49. The zero-order valence-corrected chi connectivity index (χ0v) is 11.5. The molecule has 0 aromatic heterocycles. The fourth-order valence-corrected chi connectivity index (χ4v) is 1.88. The lowest BCUT2D eigenvalue weighted by Gasteiger charge is -2.15. The molecule has 1 unspecified atom stereocenters. The van der Waals surface area contributed by atoms with Crippen LogP contribution in [0.4, 0.5) is 5.69 Å². The van der Waals surface area contributed by atoms with Crippen LogP contribution in [0.2, 0.25) is 0 Å². The minimum atomic E-state index is -0.0121. The van der Waals surface area contributed by atoms with Gasteiger partial charge in [0.2, 0.25) is 5.91 Å². The Balaban J connectivity index is 2.82. The summed E-state index contributed by atoms with van der Waals surface area (Å²) in [7, 11) is 1.64. The molecule has 0 heterocycles. The first-order valence-electron chi connectivity index (χ1n) is 6.13. The smallest absolute Gasteiger partial charge is 0.224 e. The number of nitrogens with one attached hydrogen (secondary N) is 1. The second-order valence-corrected chi connectivity index (χ2v) is 4.68. The van der Waals surface area contributed by atoms with E-state index in [0.717, 1.165) is 22.6 Å². The third kappa shape index (κ3) is 3.47. The molecule has 0 aliphatic carbocycles. The number of aryl methyl sites for hydroxylation is 1. The van der Waals surface area contributed by atoms with Gasteiger partial charge in [0.25, 0.3) is 0 Å². The summed E-state index contributed by atoms with van der Waals surface area (Å²) in [5.41, 5.74) is 8.32. The van der Waals surface area contributed by atoms with Crippen LogP contribution in [0, 0.1) is 19.8 Å². The maximum Gasteiger partial charge on any atom is 0.224 e. The summed E-state index contributed by atoms with van der Waals surface area (Å²) in [4.78, 5) is 11.8. The number of anilines is 1. The Morgan fingerprint density at radius 3 is 2.67 bits per heavy atom. The van der Waals surface area contributed by atoms with Gasteiger partial charge < -0.3 is 15.8 Å². The fourth-order valence-electron chi connectivity index (χ4n) is 1.88. The topological polar surface area (TPSA) is 64.3 Å². The van der Waals surface area contributed by atoms with Gasteiger partial charge in [-0.15, -0.1) is 0 Å². The van der Waals surface area contributed by atoms with Crippen molar-refractivity contribution in [1.82, 2.24) is 0 Å². The third-order valence-electron chi connectivity index (χ3n) is 3.02. The molecule has 1 rings (SSSR count). The van der Waals surface area contributed by atoms with Gasteiger partial charge in [0.15, 0.2) is 0 Å². The highest BCUT2D eigenvalue weighted by Crippen LogP contribution is 2.29. The van der Waals surface area contributed by atoms with Crippen molar-refractivity contribution >= 4 is 11.6 Å². The minimum Gasteiger partial charge on any atom is -0.496 e. The molecule has 1 aromatic rings. The lowest BCUT2D eigenvalue weighted by atomic mass is 10.1. The molecule has 3 N–H and O–H groups in total. The normalized spacial score (nSPS) is 12.1. The Kier molecular flexibility index (Phi) is 5.16. The first kappa shape index (κ1) is 14.5. The van der Waals surface area contributed by atoms with Crippen LogP contribution in [0.1, 0.15) is 24.5 Å². The molecule has 0 bridgehead atoms. The second-order valence-electron chi connectivity index (χ2n) is 4.68. The number of carbonyl (C=O) groups excluding carboxylic acids is 1. The molecule has 4 nitrogen and oxygen atoms in total. The quantitative estimate of drug-likeness (QED) is 0.842. The minimum absolute atomic E-state index is 0.0121. The van der Waals surface area contributed by atoms with Crippen molar-refractivity contribution in [3.05, 3.63) is 23.3 Å². The SMILES string of the molecule is COc1c(C)ccc(NC(=O)CC(C)CN)c1C. The van der Waals surface area contributed by atoms with E-state index in [1.54, 1.807) is 7.11 Å². The molecular formula is C14H22N2O2. The van der Waals surface area contributed by atoms with Crippen LogP contribution < -0.4 is 15.8 Å². The van der Waals surface area contributed by atoms with Crippen LogP contribution in [-0.2, 0) is 4.79 Å². The number of carbonyl (C=O) groups is 1. The number of nitrogens with two attached hydrogens (primary N) is 1. The van der Waals surface area contributed by atoms with Crippen LogP contribution in [0.25, 0.3) is 0 Å². The van der Waals surface area contributed by atoms with Gasteiger partial charge >= 0.3 is 0 Å². The largest absolute Gasteiger partial charge is 0.496 e. The molecule has 4 heteroatoms. The lowest BCUT2D eigenvalue weighted by molar-refractivity contribution is -0.116. The van der Waals surface area contributed by atoms with Crippen LogP contribution in [0.5, 0.6) is 5.75 Å². The molecule has 0 fully saturated rings. The average Bonchev–Trinajstić information content (AvgIpc) is 2.33. The van der Waals surface area contributed by atoms with Crippen molar-refractivity contribution in [3.8, 4) is 5.75 Å². The van der Waals surface area contributed by atoms with E-state index < -0.39 is 0 Å². The Hall–Kier alpha value is -1.55. The van der Waals surface area contributed by atoms with Gasteiger partial charge in [-0.05, 0) is 37.9 Å². The van der Waals surface area contributed by atoms with Gasteiger partial charge in [-0.25, -0.2) is 0 Å². The number of amides is 1. The molecule has 0 aliphatic rings. The molecule has 1 aromatic carbocycles. The molecule has 1 amide bonds. The lowest BCUT2D eigenvalue weighted by Crippen LogP contribution is -2.20. The third-order valence-corrected chi connectivity index (χ3v) is 3.02. The van der Waals surface area contributed by atoms with Crippen molar-refractivity contribution in [2.75, 3.05) is 19.0 Å². The van der Waals surface area contributed by atoms with Gasteiger partial charge in [0.1, 0.15) is 5.75 Å². The summed E-state index contributed by atoms with van der Waals surface area (Å²) in [6.45, 7) is 6.40. The highest BCUT2D eigenvalue weighted by Gasteiger charge is 2.12. The maximum atomic E-state index is 11.8. The van der Waals surface area contributed by atoms with Crippen molar-refractivity contribution in [1.29, 1.82) is 0 Å². The summed E-state index contributed by atoms with van der Waals surface area (Å²) in [5, 5.41) is 2.90. The van der Waals surface area contributed by atoms with E-state index in [1.807, 2.05) is 32.9 Å². The van der Waals surface area contributed by atoms with Crippen LogP contribution in [-0.4, -0.2) is 19.6 Å². The highest BCUT2D eigenvalue weighted by molar-refractivity contribution is 5.92. The van der Waals surface area contributed by atoms with E-state index >= 15 is 0 Å². The molecule has 1 atom stereocenters. The van der Waals surface area contributed by atoms with Crippen molar-refractivity contribution in [3.63, 3.8) is 0 Å². The van der Waals surface area contributed by atoms with Crippen LogP contribution >= 0.6 is 0 Å². The molecular weight excluding hydrogens is 228 g/mol. The van der Waals surface area contributed by atoms with E-state index in [-0.39, 0.29) is 11.8 Å². The van der Waals surface area contributed by atoms with Crippen LogP contribution in [0.3, 0.4) is 0 Å². The van der Waals surface area contributed by atoms with E-state index in [1.165, 1.54) is 0 Å². The van der Waals surface area contributed by atoms with E-state index in [2.05, 4.69) is 5.32 Å². The fraction of sp³-hybridized carbons (Fsp3) is 0.500.